The number of hydrogen-bond acceptors (Lipinski definition) is 6. The van der Waals surface area contributed by atoms with Crippen LogP contribution in [-0.2, 0) is 27.2 Å². The van der Waals surface area contributed by atoms with Crippen LogP contribution in [-0.4, -0.2) is 47.0 Å². The average molecular weight is 462 g/mol. The third-order valence-electron chi connectivity index (χ3n) is 7.30. The minimum Gasteiger partial charge on any atom is -0.482 e. The van der Waals surface area contributed by atoms with Crippen LogP contribution < -0.4 is 10.5 Å². The molecular formula is C26H39NO6. The highest BCUT2D eigenvalue weighted by Gasteiger charge is 2.45. The van der Waals surface area contributed by atoms with Crippen molar-refractivity contribution >= 4 is 11.9 Å². The summed E-state index contributed by atoms with van der Waals surface area (Å²) in [4.78, 5) is 23.0. The van der Waals surface area contributed by atoms with Gasteiger partial charge in [-0.1, -0.05) is 31.9 Å². The molecule has 33 heavy (non-hydrogen) atoms. The van der Waals surface area contributed by atoms with E-state index in [2.05, 4.69) is 13.0 Å². The first-order chi connectivity index (χ1) is 15.8. The van der Waals surface area contributed by atoms with Gasteiger partial charge >= 0.3 is 11.9 Å². The molecule has 3 rings (SSSR count). The van der Waals surface area contributed by atoms with Crippen LogP contribution in [0.1, 0.15) is 69.9 Å². The van der Waals surface area contributed by atoms with E-state index < -0.39 is 12.0 Å². The molecule has 0 bridgehead atoms. The van der Waals surface area contributed by atoms with Gasteiger partial charge in [-0.25, -0.2) is 4.79 Å². The number of rotatable bonds is 12. The lowest BCUT2D eigenvalue weighted by Gasteiger charge is -2.33. The normalized spacial score (nSPS) is 25.6. The van der Waals surface area contributed by atoms with Crippen molar-refractivity contribution in [1.29, 1.82) is 0 Å². The average Bonchev–Trinajstić information content (AvgIpc) is 3.08. The van der Waals surface area contributed by atoms with Gasteiger partial charge in [-0.05, 0) is 86.8 Å². The van der Waals surface area contributed by atoms with Crippen molar-refractivity contribution in [2.24, 2.45) is 23.5 Å². The summed E-state index contributed by atoms with van der Waals surface area (Å²) in [7, 11) is 0. The SMILES string of the molecule is CCCCC[C@@H](CC[C@@H]1[C@H]2Cc3cccc(OCC(=O)O)c3C[C@H]2C[C@H]1O)OC(=O)C(C)N. The van der Waals surface area contributed by atoms with E-state index in [0.29, 0.717) is 17.6 Å². The van der Waals surface area contributed by atoms with Crippen molar-refractivity contribution in [2.45, 2.75) is 89.9 Å². The molecule has 0 aromatic heterocycles. The van der Waals surface area contributed by atoms with E-state index in [-0.39, 0.29) is 30.7 Å². The zero-order valence-corrected chi connectivity index (χ0v) is 19.9. The number of carboxylic acid groups (broad SMARTS) is 1. The molecule has 0 heterocycles. The number of esters is 1. The maximum Gasteiger partial charge on any atom is 0.341 e. The molecular weight excluding hydrogens is 422 g/mol. The summed E-state index contributed by atoms with van der Waals surface area (Å²) in [6.45, 7) is 3.44. The lowest BCUT2D eigenvalue weighted by atomic mass is 9.73. The monoisotopic (exact) mass is 461 g/mol. The maximum atomic E-state index is 12.1. The Morgan fingerprint density at radius 1 is 1.21 bits per heavy atom. The van der Waals surface area contributed by atoms with Gasteiger partial charge in [-0.3, -0.25) is 4.79 Å². The molecule has 0 saturated heterocycles. The lowest BCUT2D eigenvalue weighted by molar-refractivity contribution is -0.151. The zero-order valence-electron chi connectivity index (χ0n) is 19.9. The van der Waals surface area contributed by atoms with Crippen molar-refractivity contribution in [1.82, 2.24) is 0 Å². The summed E-state index contributed by atoms with van der Waals surface area (Å²) in [6.07, 6.45) is 7.46. The Morgan fingerprint density at radius 2 is 2.00 bits per heavy atom. The lowest BCUT2D eigenvalue weighted by Crippen LogP contribution is -2.33. The number of nitrogens with two attached hydrogens (primary N) is 1. The fraction of sp³-hybridized carbons (Fsp3) is 0.692. The van der Waals surface area contributed by atoms with Gasteiger partial charge in [0, 0.05) is 0 Å². The highest BCUT2D eigenvalue weighted by atomic mass is 16.5. The number of unbranched alkanes of at least 4 members (excludes halogenated alkanes) is 2. The number of benzene rings is 1. The predicted octanol–water partition coefficient (Wildman–Crippen LogP) is 3.48. The molecule has 1 aromatic carbocycles. The Morgan fingerprint density at radius 3 is 2.70 bits per heavy atom. The van der Waals surface area contributed by atoms with Gasteiger partial charge in [0.05, 0.1) is 6.10 Å². The minimum atomic E-state index is -0.990. The van der Waals surface area contributed by atoms with Crippen molar-refractivity contribution in [3.8, 4) is 5.75 Å². The van der Waals surface area contributed by atoms with E-state index in [9.17, 15) is 14.7 Å². The molecule has 1 fully saturated rings. The first kappa shape index (κ1) is 25.5. The van der Waals surface area contributed by atoms with E-state index >= 15 is 0 Å². The minimum absolute atomic E-state index is 0.159. The van der Waals surface area contributed by atoms with Crippen LogP contribution in [0.15, 0.2) is 18.2 Å². The number of ether oxygens (including phenoxy) is 2. The fourth-order valence-corrected chi connectivity index (χ4v) is 5.61. The number of aliphatic carboxylic acids is 1. The molecule has 1 unspecified atom stereocenters. The van der Waals surface area contributed by atoms with Gasteiger partial charge in [-0.15, -0.1) is 0 Å². The highest BCUT2D eigenvalue weighted by Crippen LogP contribution is 2.48. The third kappa shape index (κ3) is 6.70. The van der Waals surface area contributed by atoms with Gasteiger partial charge in [-0.2, -0.15) is 0 Å². The number of carboxylic acids is 1. The molecule has 0 spiro atoms. The number of fused-ring (bicyclic) bond motifs is 2. The molecule has 7 heteroatoms. The van der Waals surface area contributed by atoms with Gasteiger partial charge in [0.25, 0.3) is 0 Å². The second kappa shape index (κ2) is 11.8. The van der Waals surface area contributed by atoms with Crippen LogP contribution in [0.4, 0.5) is 0 Å². The first-order valence-corrected chi connectivity index (χ1v) is 12.4. The molecule has 184 valence electrons. The summed E-state index contributed by atoms with van der Waals surface area (Å²) in [5.41, 5.74) is 7.97. The van der Waals surface area contributed by atoms with E-state index in [1.165, 1.54) is 5.56 Å². The van der Waals surface area contributed by atoms with E-state index in [1.807, 2.05) is 12.1 Å². The number of aliphatic hydroxyl groups excluding tert-OH is 1. The number of hydrogen-bond donors (Lipinski definition) is 3. The number of carbonyl (C=O) groups is 2. The van der Waals surface area contributed by atoms with Gasteiger partial charge in [0.1, 0.15) is 17.9 Å². The number of aliphatic hydroxyl groups is 1. The first-order valence-electron chi connectivity index (χ1n) is 12.4. The van der Waals surface area contributed by atoms with Crippen LogP contribution in [0.5, 0.6) is 5.75 Å². The van der Waals surface area contributed by atoms with Crippen molar-refractivity contribution in [2.75, 3.05) is 6.61 Å². The molecule has 4 N–H and O–H groups in total. The summed E-state index contributed by atoms with van der Waals surface area (Å²) in [5.74, 6) is 0.164. The van der Waals surface area contributed by atoms with E-state index in [1.54, 1.807) is 6.92 Å². The van der Waals surface area contributed by atoms with E-state index in [4.69, 9.17) is 20.3 Å². The van der Waals surface area contributed by atoms with Crippen molar-refractivity contribution in [3.63, 3.8) is 0 Å². The van der Waals surface area contributed by atoms with Gasteiger partial charge in [0.15, 0.2) is 6.61 Å². The molecule has 2 aliphatic rings. The standard InChI is InChI=1S/C26H39NO6/c1-3-4-5-8-19(33-26(31)16(2)27)10-11-20-21-12-17-7-6-9-24(32-15-25(29)30)22(17)13-18(21)14-23(20)28/h6-7,9,16,18-21,23,28H,3-5,8,10-15,27H2,1-2H3,(H,29,30)/t16?,18-,19-,20+,21-,23+/m0/s1. The molecule has 7 nitrogen and oxygen atoms in total. The van der Waals surface area contributed by atoms with Crippen molar-refractivity contribution in [3.05, 3.63) is 29.3 Å². The highest BCUT2D eigenvalue weighted by molar-refractivity contribution is 5.75. The molecule has 1 aromatic rings. The van der Waals surface area contributed by atoms with Gasteiger partial charge in [0.2, 0.25) is 0 Å². The van der Waals surface area contributed by atoms with Crippen LogP contribution in [0, 0.1) is 17.8 Å². The van der Waals surface area contributed by atoms with Crippen molar-refractivity contribution < 1.29 is 29.3 Å². The molecule has 2 aliphatic carbocycles. The molecule has 0 amide bonds. The Kier molecular flexibility index (Phi) is 9.15. The Balaban J connectivity index is 1.66. The summed E-state index contributed by atoms with van der Waals surface area (Å²) in [6, 6.07) is 5.19. The van der Waals surface area contributed by atoms with Crippen LogP contribution >= 0.6 is 0 Å². The molecule has 6 atom stereocenters. The smallest absolute Gasteiger partial charge is 0.341 e. The summed E-state index contributed by atoms with van der Waals surface area (Å²) >= 11 is 0. The predicted molar refractivity (Wildman–Crippen MR) is 125 cm³/mol. The maximum absolute atomic E-state index is 12.1. The summed E-state index contributed by atoms with van der Waals surface area (Å²) in [5, 5.41) is 19.9. The fourth-order valence-electron chi connectivity index (χ4n) is 5.61. The molecule has 0 radical (unpaired) electrons. The number of carbonyl (C=O) groups excluding carboxylic acids is 1. The van der Waals surface area contributed by atoms with Crippen LogP contribution in [0.2, 0.25) is 0 Å². The largest absolute Gasteiger partial charge is 0.482 e. The summed E-state index contributed by atoms with van der Waals surface area (Å²) < 4.78 is 11.2. The van der Waals surface area contributed by atoms with Crippen LogP contribution in [0.25, 0.3) is 0 Å². The Bertz CT molecular complexity index is 810. The Labute approximate surface area is 196 Å². The van der Waals surface area contributed by atoms with Crippen LogP contribution in [0.3, 0.4) is 0 Å². The quantitative estimate of drug-likeness (QED) is 0.322. The van der Waals surface area contributed by atoms with E-state index in [0.717, 1.165) is 63.4 Å². The van der Waals surface area contributed by atoms with Gasteiger partial charge < -0.3 is 25.4 Å². The second-order valence-corrected chi connectivity index (χ2v) is 9.80. The second-order valence-electron chi connectivity index (χ2n) is 9.80. The zero-order chi connectivity index (χ0) is 24.0. The Hall–Kier alpha value is -2.12. The topological polar surface area (TPSA) is 119 Å². The molecule has 1 saturated carbocycles. The third-order valence-corrected chi connectivity index (χ3v) is 7.30. The molecule has 0 aliphatic heterocycles.